The van der Waals surface area contributed by atoms with E-state index in [1.807, 2.05) is 0 Å². The molecule has 0 heterocycles. The molecular formula is C14H13FO2S. The Kier molecular flexibility index (Phi) is 5.60. The zero-order valence-corrected chi connectivity index (χ0v) is 11.1. The van der Waals surface area contributed by atoms with Gasteiger partial charge in [0, 0.05) is 30.2 Å². The minimum absolute atomic E-state index is 0.0481. The Labute approximate surface area is 110 Å². The maximum atomic E-state index is 13.1. The van der Waals surface area contributed by atoms with Crippen molar-refractivity contribution >= 4 is 22.7 Å². The first-order chi connectivity index (χ1) is 8.50. The molecule has 0 N–H and O–H groups in total. The van der Waals surface area contributed by atoms with Crippen LogP contribution in [0, 0.1) is 17.7 Å². The highest BCUT2D eigenvalue weighted by molar-refractivity contribution is 8.13. The van der Waals surface area contributed by atoms with Crippen molar-refractivity contribution in [1.82, 2.24) is 0 Å². The van der Waals surface area contributed by atoms with Gasteiger partial charge < -0.3 is 0 Å². The lowest BCUT2D eigenvalue weighted by Gasteiger charge is -1.99. The van der Waals surface area contributed by atoms with Crippen molar-refractivity contribution < 1.29 is 14.0 Å². The summed E-state index contributed by atoms with van der Waals surface area (Å²) in [6.07, 6.45) is 0.526. The number of Topliss-reactive ketones (excluding diaryl/α,β-unsaturated/α-hetero) is 1. The van der Waals surface area contributed by atoms with Crippen molar-refractivity contribution in [2.75, 3.05) is 5.75 Å². The lowest BCUT2D eigenvalue weighted by Crippen LogP contribution is -1.97. The Bertz CT molecular complexity index is 526. The van der Waals surface area contributed by atoms with Crippen molar-refractivity contribution in [1.29, 1.82) is 0 Å². The molecule has 1 aromatic rings. The molecule has 0 aromatic heterocycles. The molecular weight excluding hydrogens is 251 g/mol. The first-order valence-electron chi connectivity index (χ1n) is 5.43. The molecule has 0 bridgehead atoms. The molecule has 1 aromatic carbocycles. The number of hydrogen-bond acceptors (Lipinski definition) is 3. The van der Waals surface area contributed by atoms with Gasteiger partial charge in [-0.15, -0.1) is 0 Å². The topological polar surface area (TPSA) is 34.1 Å². The number of hydrogen-bond donors (Lipinski definition) is 0. The average molecular weight is 264 g/mol. The first-order valence-corrected chi connectivity index (χ1v) is 6.42. The van der Waals surface area contributed by atoms with Crippen molar-refractivity contribution in [2.24, 2.45) is 0 Å². The number of halogens is 1. The van der Waals surface area contributed by atoms with Gasteiger partial charge in [0.1, 0.15) is 5.82 Å². The van der Waals surface area contributed by atoms with Crippen LogP contribution in [0.1, 0.15) is 36.2 Å². The van der Waals surface area contributed by atoms with Crippen molar-refractivity contribution in [3.8, 4) is 11.8 Å². The van der Waals surface area contributed by atoms with Crippen LogP contribution in [0.15, 0.2) is 18.2 Å². The minimum Gasteiger partial charge on any atom is -0.294 e. The normalized spacial score (nSPS) is 9.50. The third-order valence-electron chi connectivity index (χ3n) is 2.12. The molecule has 0 aliphatic heterocycles. The fraction of sp³-hybridized carbons (Fsp3) is 0.286. The molecule has 18 heavy (non-hydrogen) atoms. The predicted molar refractivity (Wildman–Crippen MR) is 71.0 cm³/mol. The van der Waals surface area contributed by atoms with Gasteiger partial charge in [0.15, 0.2) is 10.9 Å². The van der Waals surface area contributed by atoms with E-state index < -0.39 is 5.82 Å². The molecule has 4 heteroatoms. The van der Waals surface area contributed by atoms with Crippen LogP contribution < -0.4 is 0 Å². The predicted octanol–water partition coefficient (Wildman–Crippen LogP) is 3.05. The van der Waals surface area contributed by atoms with E-state index in [-0.39, 0.29) is 10.9 Å². The van der Waals surface area contributed by atoms with Gasteiger partial charge in [-0.25, -0.2) is 4.39 Å². The highest BCUT2D eigenvalue weighted by Gasteiger charge is 2.05. The highest BCUT2D eigenvalue weighted by Crippen LogP contribution is 2.11. The fourth-order valence-corrected chi connectivity index (χ4v) is 1.82. The van der Waals surface area contributed by atoms with Gasteiger partial charge in [-0.1, -0.05) is 23.6 Å². The van der Waals surface area contributed by atoms with Crippen molar-refractivity contribution in [3.05, 3.63) is 35.1 Å². The number of ketones is 1. The first kappa shape index (κ1) is 14.5. The van der Waals surface area contributed by atoms with Crippen molar-refractivity contribution in [3.63, 3.8) is 0 Å². The van der Waals surface area contributed by atoms with Crippen molar-refractivity contribution in [2.45, 2.75) is 20.3 Å². The highest BCUT2D eigenvalue weighted by atomic mass is 32.2. The zero-order chi connectivity index (χ0) is 13.5. The zero-order valence-electron chi connectivity index (χ0n) is 10.2. The van der Waals surface area contributed by atoms with Crippen LogP contribution in [0.5, 0.6) is 0 Å². The van der Waals surface area contributed by atoms with E-state index in [2.05, 4.69) is 11.8 Å². The number of thioether (sulfide) groups is 1. The fourth-order valence-electron chi connectivity index (χ4n) is 1.33. The van der Waals surface area contributed by atoms with E-state index in [0.717, 1.165) is 0 Å². The molecule has 0 saturated carbocycles. The number of rotatable bonds is 3. The minimum atomic E-state index is -0.414. The summed E-state index contributed by atoms with van der Waals surface area (Å²) in [5.41, 5.74) is 0.818. The van der Waals surface area contributed by atoms with Crippen LogP contribution in [0.25, 0.3) is 0 Å². The van der Waals surface area contributed by atoms with Crippen LogP contribution in [0.2, 0.25) is 0 Å². The van der Waals surface area contributed by atoms with Crippen LogP contribution in [-0.4, -0.2) is 16.7 Å². The van der Waals surface area contributed by atoms with E-state index in [4.69, 9.17) is 0 Å². The van der Waals surface area contributed by atoms with Gasteiger partial charge in [0.2, 0.25) is 0 Å². The van der Waals surface area contributed by atoms with Gasteiger partial charge in [-0.05, 0) is 25.1 Å². The molecule has 2 nitrogen and oxygen atoms in total. The summed E-state index contributed by atoms with van der Waals surface area (Å²) in [6.45, 7) is 2.92. The SMILES string of the molecule is CC(=O)SCCC#Cc1cc(F)ccc1C(C)=O. The van der Waals surface area contributed by atoms with Gasteiger partial charge in [0.25, 0.3) is 0 Å². The maximum Gasteiger partial charge on any atom is 0.185 e. The molecule has 0 spiro atoms. The molecule has 0 aliphatic rings. The third-order valence-corrected chi connectivity index (χ3v) is 2.93. The lowest BCUT2D eigenvalue weighted by atomic mass is 10.0. The molecule has 0 radical (unpaired) electrons. The van der Waals surface area contributed by atoms with Crippen LogP contribution >= 0.6 is 11.8 Å². The monoisotopic (exact) mass is 264 g/mol. The second kappa shape index (κ2) is 6.97. The van der Waals surface area contributed by atoms with E-state index in [1.165, 1.54) is 43.8 Å². The lowest BCUT2D eigenvalue weighted by molar-refractivity contribution is -0.109. The quantitative estimate of drug-likeness (QED) is 0.478. The molecule has 0 aliphatic carbocycles. The third kappa shape index (κ3) is 4.72. The van der Waals surface area contributed by atoms with E-state index in [0.29, 0.717) is 23.3 Å². The number of benzene rings is 1. The summed E-state index contributed by atoms with van der Waals surface area (Å²) in [6, 6.07) is 3.93. The summed E-state index contributed by atoms with van der Waals surface area (Å²) in [5.74, 6) is 5.66. The van der Waals surface area contributed by atoms with Gasteiger partial charge in [-0.3, -0.25) is 9.59 Å². The van der Waals surface area contributed by atoms with Crippen LogP contribution in [-0.2, 0) is 4.79 Å². The Balaban J connectivity index is 2.77. The smallest absolute Gasteiger partial charge is 0.185 e. The maximum absolute atomic E-state index is 13.1. The summed E-state index contributed by atoms with van der Waals surface area (Å²) in [7, 11) is 0. The Morgan fingerprint density at radius 3 is 2.67 bits per heavy atom. The van der Waals surface area contributed by atoms with Gasteiger partial charge in [-0.2, -0.15) is 0 Å². The molecule has 0 unspecified atom stereocenters. The standard InChI is InChI=1S/C14H13FO2S/c1-10(16)14-7-6-13(15)9-12(14)5-3-4-8-18-11(2)17/h6-7,9H,4,8H2,1-2H3. The second-order valence-corrected chi connectivity index (χ2v) is 4.91. The largest absolute Gasteiger partial charge is 0.294 e. The molecule has 1 rings (SSSR count). The number of carbonyl (C=O) groups is 2. The Morgan fingerprint density at radius 1 is 1.33 bits per heavy atom. The molecule has 94 valence electrons. The second-order valence-electron chi connectivity index (χ2n) is 3.64. The molecule has 0 saturated heterocycles. The number of carbonyl (C=O) groups excluding carboxylic acids is 2. The Hall–Kier alpha value is -1.60. The molecule has 0 amide bonds. The van der Waals surface area contributed by atoms with E-state index in [1.54, 1.807) is 0 Å². The van der Waals surface area contributed by atoms with Crippen LogP contribution in [0.3, 0.4) is 0 Å². The molecule has 0 atom stereocenters. The summed E-state index contributed by atoms with van der Waals surface area (Å²) in [4.78, 5) is 22.0. The van der Waals surface area contributed by atoms with Gasteiger partial charge in [0.05, 0.1) is 0 Å². The van der Waals surface area contributed by atoms with Crippen LogP contribution in [0.4, 0.5) is 4.39 Å². The summed E-state index contributed by atoms with van der Waals surface area (Å²) in [5, 5.41) is 0.0481. The molecule has 0 fully saturated rings. The van der Waals surface area contributed by atoms with E-state index in [9.17, 15) is 14.0 Å². The van der Waals surface area contributed by atoms with Gasteiger partial charge >= 0.3 is 0 Å². The average Bonchev–Trinajstić information content (AvgIpc) is 2.27. The Morgan fingerprint density at radius 2 is 2.06 bits per heavy atom. The summed E-state index contributed by atoms with van der Waals surface area (Å²) < 4.78 is 13.1. The summed E-state index contributed by atoms with van der Waals surface area (Å²) >= 11 is 1.20. The van der Waals surface area contributed by atoms with E-state index >= 15 is 0 Å².